The molecule has 2 heterocycles. The number of anilines is 1. The van der Waals surface area contributed by atoms with Crippen LogP contribution >= 0.6 is 11.8 Å². The van der Waals surface area contributed by atoms with Crippen molar-refractivity contribution >= 4 is 34.6 Å². The Bertz CT molecular complexity index is 1230. The number of allylic oxidation sites excluding steroid dienone is 4. The first kappa shape index (κ1) is 22.5. The minimum Gasteiger partial charge on any atom is -0.486 e. The third-order valence-corrected chi connectivity index (χ3v) is 6.79. The van der Waals surface area contributed by atoms with Gasteiger partial charge in [-0.15, -0.1) is 0 Å². The molecule has 1 fully saturated rings. The number of carbonyl (C=O) groups is 1. The highest BCUT2D eigenvalue weighted by Crippen LogP contribution is 2.38. The highest BCUT2D eigenvalue weighted by Gasteiger charge is 2.35. The van der Waals surface area contributed by atoms with E-state index in [4.69, 9.17) is 14.5 Å². The predicted octanol–water partition coefficient (Wildman–Crippen LogP) is 6.42. The topological polar surface area (TPSA) is 51.1 Å². The second-order valence-electron chi connectivity index (χ2n) is 8.15. The molecule has 2 aromatic carbocycles. The highest BCUT2D eigenvalue weighted by molar-refractivity contribution is 8.19. The maximum Gasteiger partial charge on any atom is 0.271 e. The van der Waals surface area contributed by atoms with Crippen molar-refractivity contribution in [3.05, 3.63) is 82.2 Å². The van der Waals surface area contributed by atoms with E-state index in [9.17, 15) is 9.18 Å². The van der Waals surface area contributed by atoms with E-state index in [1.807, 2.05) is 54.6 Å². The van der Waals surface area contributed by atoms with E-state index in [0.717, 1.165) is 23.4 Å². The van der Waals surface area contributed by atoms with Crippen molar-refractivity contribution in [3.8, 4) is 11.5 Å². The van der Waals surface area contributed by atoms with Gasteiger partial charge in [0.1, 0.15) is 13.2 Å². The molecule has 3 aliphatic rings. The average Bonchev–Trinajstić information content (AvgIpc) is 3.01. The number of thioether (sulfide) groups is 1. The Balaban J connectivity index is 1.49. The fraction of sp³-hybridized carbons (Fsp3) is 0.259. The Morgan fingerprint density at radius 1 is 1.06 bits per heavy atom. The summed E-state index contributed by atoms with van der Waals surface area (Å²) in [5.74, 6) is 1.13. The van der Waals surface area contributed by atoms with Crippen LogP contribution in [0.3, 0.4) is 0 Å². The normalized spacial score (nSPS) is 20.4. The van der Waals surface area contributed by atoms with Crippen molar-refractivity contribution in [1.29, 1.82) is 0 Å². The maximum absolute atomic E-state index is 13.7. The van der Waals surface area contributed by atoms with E-state index < -0.39 is 0 Å². The van der Waals surface area contributed by atoms with Crippen LogP contribution in [0, 0.1) is 0 Å². The van der Waals surface area contributed by atoms with Crippen LogP contribution in [-0.4, -0.2) is 24.3 Å². The number of benzene rings is 2. The number of carbonyl (C=O) groups excluding carboxylic acids is 1. The van der Waals surface area contributed by atoms with Crippen LogP contribution in [0.1, 0.15) is 37.3 Å². The summed E-state index contributed by atoms with van der Waals surface area (Å²) in [6.07, 6.45) is 7.60. The average molecular weight is 477 g/mol. The molecule has 0 unspecified atom stereocenters. The Morgan fingerprint density at radius 3 is 2.65 bits per heavy atom. The number of hydrogen-bond donors (Lipinski definition) is 0. The summed E-state index contributed by atoms with van der Waals surface area (Å²) < 4.78 is 25.0. The van der Waals surface area contributed by atoms with Gasteiger partial charge < -0.3 is 9.47 Å². The number of aryl methyl sites for hydroxylation is 1. The molecule has 174 valence electrons. The number of rotatable bonds is 4. The summed E-state index contributed by atoms with van der Waals surface area (Å²) in [5, 5.41) is 0.576. The first-order chi connectivity index (χ1) is 16.6. The van der Waals surface area contributed by atoms with Crippen LogP contribution in [0.25, 0.3) is 6.08 Å². The minimum atomic E-state index is -0.138. The van der Waals surface area contributed by atoms with E-state index in [0.29, 0.717) is 54.0 Å². The smallest absolute Gasteiger partial charge is 0.271 e. The lowest BCUT2D eigenvalue weighted by molar-refractivity contribution is -0.113. The molecule has 0 bridgehead atoms. The second kappa shape index (κ2) is 9.89. The van der Waals surface area contributed by atoms with Gasteiger partial charge in [-0.2, -0.15) is 0 Å². The Morgan fingerprint density at radius 2 is 1.85 bits per heavy atom. The van der Waals surface area contributed by atoms with E-state index >= 15 is 0 Å². The van der Waals surface area contributed by atoms with Gasteiger partial charge in [0.15, 0.2) is 16.7 Å². The fourth-order valence-corrected chi connectivity index (χ4v) is 4.97. The molecule has 0 spiro atoms. The molecule has 0 saturated carbocycles. The van der Waals surface area contributed by atoms with Crippen molar-refractivity contribution in [2.75, 3.05) is 18.1 Å². The van der Waals surface area contributed by atoms with Gasteiger partial charge in [0.05, 0.1) is 16.4 Å². The number of nitrogens with zero attached hydrogens (tertiary/aromatic N) is 2. The van der Waals surface area contributed by atoms with Gasteiger partial charge in [-0.05, 0) is 78.6 Å². The number of aliphatic imine (C=N–C) groups is 1. The number of hydrogen-bond acceptors (Lipinski definition) is 5. The predicted molar refractivity (Wildman–Crippen MR) is 135 cm³/mol. The molecule has 0 atom stereocenters. The van der Waals surface area contributed by atoms with Crippen LogP contribution in [0.2, 0.25) is 0 Å². The van der Waals surface area contributed by atoms with Gasteiger partial charge in [-0.1, -0.05) is 31.2 Å². The van der Waals surface area contributed by atoms with E-state index in [2.05, 4.69) is 6.92 Å². The van der Waals surface area contributed by atoms with Crippen LogP contribution in [-0.2, 0) is 11.2 Å². The van der Waals surface area contributed by atoms with Crippen molar-refractivity contribution < 1.29 is 18.7 Å². The molecule has 0 radical (unpaired) electrons. The number of ether oxygens (including phenoxy) is 2. The minimum absolute atomic E-state index is 0.118. The monoisotopic (exact) mass is 476 g/mol. The summed E-state index contributed by atoms with van der Waals surface area (Å²) in [6, 6.07) is 13.6. The van der Waals surface area contributed by atoms with Gasteiger partial charge in [-0.25, -0.2) is 9.38 Å². The molecule has 2 aliphatic heterocycles. The molecule has 2 aromatic rings. The summed E-state index contributed by atoms with van der Waals surface area (Å²) >= 11 is 1.33. The highest BCUT2D eigenvalue weighted by atomic mass is 32.2. The summed E-state index contributed by atoms with van der Waals surface area (Å²) in [4.78, 5) is 20.5. The van der Waals surface area contributed by atoms with Gasteiger partial charge in [-0.3, -0.25) is 9.69 Å². The lowest BCUT2D eigenvalue weighted by Crippen LogP contribution is -2.28. The Kier molecular flexibility index (Phi) is 6.54. The Labute approximate surface area is 202 Å². The van der Waals surface area contributed by atoms with Crippen molar-refractivity contribution in [3.63, 3.8) is 0 Å². The Hall–Kier alpha value is -3.32. The van der Waals surface area contributed by atoms with Crippen LogP contribution in [0.5, 0.6) is 11.5 Å². The van der Waals surface area contributed by atoms with E-state index in [-0.39, 0.29) is 11.7 Å². The van der Waals surface area contributed by atoms with Crippen LogP contribution < -0.4 is 14.4 Å². The molecule has 7 heteroatoms. The van der Waals surface area contributed by atoms with Crippen molar-refractivity contribution in [2.45, 2.75) is 32.6 Å². The third kappa shape index (κ3) is 4.80. The SMILES string of the molecule is CCc1ccc(N2C(=O)/C(=C/c3ccc4c(c3)OCCO4)SC2=NC2=CCC=C(F)CC2)cc1. The molecular formula is C27H25FN2O3S. The molecule has 0 N–H and O–H groups in total. The zero-order chi connectivity index (χ0) is 23.5. The van der Waals surface area contributed by atoms with Gasteiger partial charge >= 0.3 is 0 Å². The van der Waals surface area contributed by atoms with Crippen molar-refractivity contribution in [1.82, 2.24) is 0 Å². The fourth-order valence-electron chi connectivity index (χ4n) is 3.96. The molecule has 1 aliphatic carbocycles. The van der Waals surface area contributed by atoms with Gasteiger partial charge in [0, 0.05) is 12.1 Å². The summed E-state index contributed by atoms with van der Waals surface area (Å²) in [5.41, 5.74) is 3.59. The van der Waals surface area contributed by atoms with Gasteiger partial charge in [0.25, 0.3) is 5.91 Å². The number of amidine groups is 1. The molecule has 1 amide bonds. The first-order valence-corrected chi connectivity index (χ1v) is 12.3. The standard InChI is InChI=1S/C27H25FN2O3S/c1-2-18-6-11-22(12-7-18)30-26(31)25(17-19-8-13-23-24(16-19)33-15-14-32-23)34-27(30)29-21-5-3-4-20(28)9-10-21/h4-8,11-13,16-17H,2-3,9-10,14-15H2,1H3/b25-17-,29-27?. The molecule has 5 nitrogen and oxygen atoms in total. The molecule has 5 rings (SSSR count). The molecule has 34 heavy (non-hydrogen) atoms. The summed E-state index contributed by atoms with van der Waals surface area (Å²) in [6.45, 7) is 3.13. The first-order valence-electron chi connectivity index (χ1n) is 11.5. The number of halogens is 1. The lowest BCUT2D eigenvalue weighted by Gasteiger charge is -2.18. The zero-order valence-electron chi connectivity index (χ0n) is 18.9. The lowest BCUT2D eigenvalue weighted by atomic mass is 10.1. The third-order valence-electron chi connectivity index (χ3n) is 5.83. The summed E-state index contributed by atoms with van der Waals surface area (Å²) in [7, 11) is 0. The quantitative estimate of drug-likeness (QED) is 0.478. The van der Waals surface area contributed by atoms with E-state index in [1.165, 1.54) is 17.3 Å². The molecule has 1 saturated heterocycles. The van der Waals surface area contributed by atoms with E-state index in [1.54, 1.807) is 11.0 Å². The molecule has 0 aromatic heterocycles. The zero-order valence-corrected chi connectivity index (χ0v) is 19.7. The molecular weight excluding hydrogens is 451 g/mol. The largest absolute Gasteiger partial charge is 0.486 e. The number of amides is 1. The van der Waals surface area contributed by atoms with Crippen LogP contribution in [0.15, 0.2) is 76.0 Å². The van der Waals surface area contributed by atoms with Crippen molar-refractivity contribution in [2.24, 2.45) is 4.99 Å². The second-order valence-corrected chi connectivity index (χ2v) is 9.16. The van der Waals surface area contributed by atoms with Crippen LogP contribution in [0.4, 0.5) is 10.1 Å². The van der Waals surface area contributed by atoms with Gasteiger partial charge in [0.2, 0.25) is 0 Å². The maximum atomic E-state index is 13.7. The number of fused-ring (bicyclic) bond motifs is 1.